The fourth-order valence-corrected chi connectivity index (χ4v) is 1.93. The van der Waals surface area contributed by atoms with E-state index in [-0.39, 0.29) is 5.82 Å². The average Bonchev–Trinajstić information content (AvgIpc) is 2.81. The molecule has 1 heterocycles. The molecule has 0 amide bonds. The minimum Gasteiger partial charge on any atom is -0.216 e. The Morgan fingerprint density at radius 1 is 1.28 bits per heavy atom. The lowest BCUT2D eigenvalue weighted by Gasteiger charge is -2.06. The van der Waals surface area contributed by atoms with E-state index in [4.69, 9.17) is 11.6 Å². The van der Waals surface area contributed by atoms with E-state index in [1.165, 1.54) is 6.07 Å². The predicted octanol–water partition coefficient (Wildman–Crippen LogP) is 3.27. The maximum Gasteiger partial charge on any atom is 0.151 e. The van der Waals surface area contributed by atoms with Gasteiger partial charge >= 0.3 is 0 Å². The lowest BCUT2D eigenvalue weighted by atomic mass is 10.2. The Bertz CT molecular complexity index is 551. The second-order valence-electron chi connectivity index (χ2n) is 3.98. The normalized spacial score (nSPS) is 10.9. The fourth-order valence-electron chi connectivity index (χ4n) is 1.77. The van der Waals surface area contributed by atoms with Crippen LogP contribution in [-0.2, 0) is 18.7 Å². The topological polar surface area (TPSA) is 30.7 Å². The maximum absolute atomic E-state index is 14.0. The van der Waals surface area contributed by atoms with Crippen LogP contribution in [0.4, 0.5) is 4.39 Å². The van der Waals surface area contributed by atoms with Crippen LogP contribution in [0.2, 0.25) is 0 Å². The van der Waals surface area contributed by atoms with Gasteiger partial charge in [-0.3, -0.25) is 0 Å². The van der Waals surface area contributed by atoms with Crippen LogP contribution in [0.5, 0.6) is 0 Å². The average molecular weight is 268 g/mol. The summed E-state index contributed by atoms with van der Waals surface area (Å²) in [6.07, 6.45) is 1.45. The van der Waals surface area contributed by atoms with Crippen molar-refractivity contribution in [1.82, 2.24) is 14.8 Å². The lowest BCUT2D eigenvalue weighted by Crippen LogP contribution is -2.05. The third kappa shape index (κ3) is 2.38. The van der Waals surface area contributed by atoms with Gasteiger partial charge in [0, 0.05) is 18.7 Å². The van der Waals surface area contributed by atoms with E-state index in [0.29, 0.717) is 18.0 Å². The molecule has 0 fully saturated rings. The van der Waals surface area contributed by atoms with Gasteiger partial charge < -0.3 is 0 Å². The summed E-state index contributed by atoms with van der Waals surface area (Å²) in [4.78, 5) is 4.37. The zero-order valence-corrected chi connectivity index (χ0v) is 11.2. The molecule has 0 unspecified atom stereocenters. The van der Waals surface area contributed by atoms with Crippen LogP contribution in [0.1, 0.15) is 31.1 Å². The van der Waals surface area contributed by atoms with Gasteiger partial charge in [-0.25, -0.2) is 14.1 Å². The first-order valence-electron chi connectivity index (χ1n) is 5.99. The Kier molecular flexibility index (Phi) is 3.97. The van der Waals surface area contributed by atoms with Crippen LogP contribution in [-0.4, -0.2) is 14.8 Å². The Morgan fingerprint density at radius 3 is 2.61 bits per heavy atom. The Hall–Kier alpha value is -1.42. The molecule has 0 bridgehead atoms. The minimum absolute atomic E-state index is 0.301. The van der Waals surface area contributed by atoms with Gasteiger partial charge in [-0.05, 0) is 17.7 Å². The van der Waals surface area contributed by atoms with Gasteiger partial charge in [0.25, 0.3) is 0 Å². The van der Waals surface area contributed by atoms with Crippen LogP contribution in [0.3, 0.4) is 0 Å². The summed E-state index contributed by atoms with van der Waals surface area (Å²) < 4.78 is 15.6. The minimum atomic E-state index is -0.324. The van der Waals surface area contributed by atoms with Crippen LogP contribution in [0.25, 0.3) is 5.69 Å². The number of aryl methyl sites for hydroxylation is 2. The third-order valence-corrected chi connectivity index (χ3v) is 3.05. The van der Waals surface area contributed by atoms with Crippen molar-refractivity contribution in [2.45, 2.75) is 32.6 Å². The molecule has 0 aliphatic rings. The number of aromatic nitrogens is 3. The summed E-state index contributed by atoms with van der Waals surface area (Å²) in [6.45, 7) is 3.96. The molecule has 96 valence electrons. The molecule has 0 saturated heterocycles. The molecule has 0 atom stereocenters. The van der Waals surface area contributed by atoms with Crippen LogP contribution in [0.15, 0.2) is 18.2 Å². The lowest BCUT2D eigenvalue weighted by molar-refractivity contribution is 0.604. The fraction of sp³-hybridized carbons (Fsp3) is 0.385. The van der Waals surface area contributed by atoms with E-state index < -0.39 is 0 Å². The van der Waals surface area contributed by atoms with E-state index in [2.05, 4.69) is 10.1 Å². The van der Waals surface area contributed by atoms with Crippen molar-refractivity contribution < 1.29 is 4.39 Å². The zero-order chi connectivity index (χ0) is 13.1. The number of hydrogen-bond acceptors (Lipinski definition) is 2. The van der Waals surface area contributed by atoms with Gasteiger partial charge in [0.2, 0.25) is 0 Å². The first kappa shape index (κ1) is 13.0. The molecule has 0 spiro atoms. The van der Waals surface area contributed by atoms with Crippen molar-refractivity contribution in [1.29, 1.82) is 0 Å². The maximum atomic E-state index is 14.0. The van der Waals surface area contributed by atoms with Gasteiger partial charge in [0.1, 0.15) is 17.3 Å². The Balaban J connectivity index is 2.50. The molecule has 0 aliphatic carbocycles. The van der Waals surface area contributed by atoms with E-state index in [0.717, 1.165) is 23.6 Å². The van der Waals surface area contributed by atoms with E-state index >= 15 is 0 Å². The quantitative estimate of drug-likeness (QED) is 0.796. The molecule has 5 heteroatoms. The molecule has 0 N–H and O–H groups in total. The van der Waals surface area contributed by atoms with Gasteiger partial charge in [-0.1, -0.05) is 19.9 Å². The standard InChI is InChI=1S/C13H15ClFN3/c1-3-12-16-13(4-2)18(17-12)11-6-5-9(8-14)7-10(11)15/h5-7H,3-4,8H2,1-2H3. The zero-order valence-electron chi connectivity index (χ0n) is 10.5. The van der Waals surface area contributed by atoms with Gasteiger partial charge in [0.15, 0.2) is 5.82 Å². The van der Waals surface area contributed by atoms with Crippen LogP contribution < -0.4 is 0 Å². The molecule has 2 rings (SSSR count). The molecular formula is C13H15ClFN3. The molecule has 0 radical (unpaired) electrons. The molecule has 0 aliphatic heterocycles. The number of hydrogen-bond donors (Lipinski definition) is 0. The van der Waals surface area contributed by atoms with Crippen molar-refractivity contribution >= 4 is 11.6 Å². The van der Waals surface area contributed by atoms with Crippen molar-refractivity contribution in [2.75, 3.05) is 0 Å². The third-order valence-electron chi connectivity index (χ3n) is 2.75. The molecule has 3 nitrogen and oxygen atoms in total. The smallest absolute Gasteiger partial charge is 0.151 e. The highest BCUT2D eigenvalue weighted by Gasteiger charge is 2.13. The highest BCUT2D eigenvalue weighted by Crippen LogP contribution is 2.18. The van der Waals surface area contributed by atoms with Crippen molar-refractivity contribution in [3.05, 3.63) is 41.2 Å². The first-order chi connectivity index (χ1) is 8.69. The number of rotatable bonds is 4. The Labute approximate surface area is 111 Å². The van der Waals surface area contributed by atoms with Gasteiger partial charge in [-0.15, -0.1) is 11.6 Å². The SMILES string of the molecule is CCc1nc(CC)n(-c2ccc(CCl)cc2F)n1. The molecular weight excluding hydrogens is 253 g/mol. The largest absolute Gasteiger partial charge is 0.216 e. The van der Waals surface area contributed by atoms with Crippen molar-refractivity contribution in [3.63, 3.8) is 0 Å². The molecule has 18 heavy (non-hydrogen) atoms. The number of benzene rings is 1. The summed E-state index contributed by atoms with van der Waals surface area (Å²) in [6, 6.07) is 4.94. The summed E-state index contributed by atoms with van der Waals surface area (Å²) in [5.41, 5.74) is 1.18. The van der Waals surface area contributed by atoms with E-state index in [9.17, 15) is 4.39 Å². The summed E-state index contributed by atoms with van der Waals surface area (Å²) >= 11 is 5.68. The summed E-state index contributed by atoms with van der Waals surface area (Å²) in [5.74, 6) is 1.47. The molecule has 1 aromatic heterocycles. The Morgan fingerprint density at radius 2 is 2.06 bits per heavy atom. The van der Waals surface area contributed by atoms with Crippen LogP contribution in [0, 0.1) is 5.82 Å². The van der Waals surface area contributed by atoms with Gasteiger partial charge in [0.05, 0.1) is 0 Å². The van der Waals surface area contributed by atoms with E-state index in [1.807, 2.05) is 13.8 Å². The highest BCUT2D eigenvalue weighted by molar-refractivity contribution is 6.17. The molecule has 0 saturated carbocycles. The van der Waals surface area contributed by atoms with Crippen molar-refractivity contribution in [2.24, 2.45) is 0 Å². The highest BCUT2D eigenvalue weighted by atomic mass is 35.5. The molecule has 2 aromatic rings. The van der Waals surface area contributed by atoms with Crippen molar-refractivity contribution in [3.8, 4) is 5.69 Å². The van der Waals surface area contributed by atoms with E-state index in [1.54, 1.807) is 16.8 Å². The second-order valence-corrected chi connectivity index (χ2v) is 4.25. The van der Waals surface area contributed by atoms with Gasteiger partial charge in [-0.2, -0.15) is 5.10 Å². The number of alkyl halides is 1. The van der Waals surface area contributed by atoms with Crippen LogP contribution >= 0.6 is 11.6 Å². The number of halogens is 2. The summed E-state index contributed by atoms with van der Waals surface area (Å²) in [5, 5.41) is 4.32. The number of nitrogens with zero attached hydrogens (tertiary/aromatic N) is 3. The summed E-state index contributed by atoms with van der Waals surface area (Å²) in [7, 11) is 0. The first-order valence-corrected chi connectivity index (χ1v) is 6.52. The monoisotopic (exact) mass is 267 g/mol. The predicted molar refractivity (Wildman–Crippen MR) is 69.6 cm³/mol. The second kappa shape index (κ2) is 5.48. The molecule has 1 aromatic carbocycles.